The van der Waals surface area contributed by atoms with Crippen molar-refractivity contribution in [2.75, 3.05) is 0 Å². The van der Waals surface area contributed by atoms with E-state index in [1.54, 1.807) is 0 Å². The molecular formula is C12H2Cl8O. The van der Waals surface area contributed by atoms with Gasteiger partial charge >= 0.3 is 0 Å². The number of hydrogen-bond donors (Lipinski definition) is 0. The molecule has 0 saturated carbocycles. The van der Waals surface area contributed by atoms with Gasteiger partial charge in [-0.15, -0.1) is 0 Å². The molecule has 0 radical (unpaired) electrons. The Morgan fingerprint density at radius 3 is 1.67 bits per heavy atom. The molecule has 21 heavy (non-hydrogen) atoms. The first-order chi connectivity index (χ1) is 9.73. The van der Waals surface area contributed by atoms with Crippen molar-refractivity contribution in [1.29, 1.82) is 0 Å². The van der Waals surface area contributed by atoms with Crippen molar-refractivity contribution >= 4 is 92.8 Å². The fourth-order valence-corrected chi connectivity index (χ4v) is 3.18. The third-order valence-corrected chi connectivity index (χ3v) is 5.61. The fraction of sp³-hybridized carbons (Fsp3) is 0. The van der Waals surface area contributed by atoms with Gasteiger partial charge in [0.05, 0.1) is 30.1 Å². The van der Waals surface area contributed by atoms with Gasteiger partial charge in [0.2, 0.25) is 0 Å². The summed E-state index contributed by atoms with van der Waals surface area (Å²) in [6.07, 6.45) is 0. The van der Waals surface area contributed by atoms with Gasteiger partial charge in [0, 0.05) is 6.07 Å². The molecule has 0 heterocycles. The number of halogens is 8. The van der Waals surface area contributed by atoms with Crippen molar-refractivity contribution in [3.8, 4) is 11.5 Å². The maximum absolute atomic E-state index is 6.06. The zero-order valence-corrected chi connectivity index (χ0v) is 15.6. The zero-order valence-electron chi connectivity index (χ0n) is 9.59. The minimum Gasteiger partial charge on any atom is -0.452 e. The lowest BCUT2D eigenvalue weighted by Crippen LogP contribution is -1.90. The monoisotopic (exact) mass is 442 g/mol. The average Bonchev–Trinajstić information content (AvgIpc) is 2.44. The largest absolute Gasteiger partial charge is 0.452 e. The van der Waals surface area contributed by atoms with Crippen molar-refractivity contribution < 1.29 is 4.74 Å². The molecule has 0 aliphatic rings. The molecule has 0 spiro atoms. The minimum absolute atomic E-state index is 0.0347. The van der Waals surface area contributed by atoms with E-state index in [1.165, 1.54) is 12.1 Å². The summed E-state index contributed by atoms with van der Waals surface area (Å²) in [6, 6.07) is 2.77. The van der Waals surface area contributed by atoms with Gasteiger partial charge in [-0.1, -0.05) is 92.8 Å². The van der Waals surface area contributed by atoms with Crippen LogP contribution in [0.1, 0.15) is 0 Å². The predicted molar refractivity (Wildman–Crippen MR) is 93.0 cm³/mol. The van der Waals surface area contributed by atoms with Crippen molar-refractivity contribution in [2.24, 2.45) is 0 Å². The summed E-state index contributed by atoms with van der Waals surface area (Å²) in [7, 11) is 0. The maximum atomic E-state index is 6.06. The van der Waals surface area contributed by atoms with E-state index in [9.17, 15) is 0 Å². The maximum Gasteiger partial charge on any atom is 0.166 e. The van der Waals surface area contributed by atoms with E-state index < -0.39 is 0 Å². The molecule has 0 aromatic heterocycles. The van der Waals surface area contributed by atoms with Crippen LogP contribution in [0.5, 0.6) is 11.5 Å². The van der Waals surface area contributed by atoms with Gasteiger partial charge in [0.25, 0.3) is 0 Å². The molecular weight excluding hydrogens is 444 g/mol. The number of rotatable bonds is 2. The molecule has 0 saturated heterocycles. The van der Waals surface area contributed by atoms with Crippen molar-refractivity contribution in [3.05, 3.63) is 52.3 Å². The summed E-state index contributed by atoms with van der Waals surface area (Å²) in [5, 5.41) is 0.852. The Morgan fingerprint density at radius 2 is 1.05 bits per heavy atom. The SMILES string of the molecule is Clc1cc(Oc2c(Cl)cc(Cl)c(Cl)c2Cl)c(Cl)c(Cl)c1Cl. The summed E-state index contributed by atoms with van der Waals surface area (Å²) < 4.78 is 5.56. The Kier molecular flexibility index (Phi) is 5.96. The van der Waals surface area contributed by atoms with Crippen molar-refractivity contribution in [1.82, 2.24) is 0 Å². The summed E-state index contributed by atoms with van der Waals surface area (Å²) in [6.45, 7) is 0. The molecule has 0 unspecified atom stereocenters. The molecule has 0 bridgehead atoms. The fourth-order valence-electron chi connectivity index (χ4n) is 1.38. The first-order valence-electron chi connectivity index (χ1n) is 5.07. The average molecular weight is 446 g/mol. The quantitative estimate of drug-likeness (QED) is 0.332. The van der Waals surface area contributed by atoms with E-state index in [2.05, 4.69) is 0 Å². The summed E-state index contributed by atoms with van der Waals surface area (Å²) in [4.78, 5) is 0. The molecule has 0 N–H and O–H groups in total. The molecule has 0 atom stereocenters. The van der Waals surface area contributed by atoms with Crippen LogP contribution in [0.25, 0.3) is 0 Å². The first kappa shape index (κ1) is 17.9. The van der Waals surface area contributed by atoms with Gasteiger partial charge in [-0.05, 0) is 6.07 Å². The third-order valence-electron chi connectivity index (χ3n) is 2.35. The van der Waals surface area contributed by atoms with Gasteiger partial charge in [0.1, 0.15) is 15.8 Å². The third kappa shape index (κ3) is 3.57. The van der Waals surface area contributed by atoms with Crippen LogP contribution in [0.15, 0.2) is 12.1 Å². The van der Waals surface area contributed by atoms with E-state index in [-0.39, 0.29) is 51.7 Å². The zero-order chi connectivity index (χ0) is 15.9. The van der Waals surface area contributed by atoms with Gasteiger partial charge in [-0.3, -0.25) is 0 Å². The molecule has 0 aliphatic carbocycles. The Hall–Kier alpha value is 0.560. The lowest BCUT2D eigenvalue weighted by molar-refractivity contribution is 0.483. The molecule has 9 heteroatoms. The highest BCUT2D eigenvalue weighted by atomic mass is 35.5. The normalized spacial score (nSPS) is 10.9. The summed E-state index contributed by atoms with van der Waals surface area (Å²) >= 11 is 47.7. The highest BCUT2D eigenvalue weighted by Crippen LogP contribution is 2.48. The lowest BCUT2D eigenvalue weighted by Gasteiger charge is -2.14. The summed E-state index contributed by atoms with van der Waals surface area (Å²) in [5.41, 5.74) is 0. The van der Waals surface area contributed by atoms with Gasteiger partial charge < -0.3 is 4.74 Å². The van der Waals surface area contributed by atoms with Gasteiger partial charge in [-0.2, -0.15) is 0 Å². The number of ether oxygens (including phenoxy) is 1. The second-order valence-corrected chi connectivity index (χ2v) is 6.81. The van der Waals surface area contributed by atoms with Crippen LogP contribution >= 0.6 is 92.8 Å². The van der Waals surface area contributed by atoms with Gasteiger partial charge in [-0.25, -0.2) is 0 Å². The van der Waals surface area contributed by atoms with Crippen molar-refractivity contribution in [2.45, 2.75) is 0 Å². The lowest BCUT2D eigenvalue weighted by atomic mass is 10.3. The van der Waals surface area contributed by atoms with Crippen LogP contribution in [0.3, 0.4) is 0 Å². The Labute approximate surface area is 160 Å². The first-order valence-corrected chi connectivity index (χ1v) is 8.10. The Balaban J connectivity index is 2.56. The second kappa shape index (κ2) is 6.98. The Bertz CT molecular complexity index is 728. The summed E-state index contributed by atoms with van der Waals surface area (Å²) in [5.74, 6) is 0.197. The molecule has 112 valence electrons. The van der Waals surface area contributed by atoms with Crippen molar-refractivity contribution in [3.63, 3.8) is 0 Å². The van der Waals surface area contributed by atoms with E-state index in [1.807, 2.05) is 0 Å². The topological polar surface area (TPSA) is 9.23 Å². The van der Waals surface area contributed by atoms with E-state index in [4.69, 9.17) is 97.5 Å². The molecule has 2 aromatic rings. The van der Waals surface area contributed by atoms with Crippen LogP contribution in [-0.4, -0.2) is 0 Å². The molecule has 0 amide bonds. The Morgan fingerprint density at radius 1 is 0.524 bits per heavy atom. The smallest absolute Gasteiger partial charge is 0.166 e. The van der Waals surface area contributed by atoms with E-state index in [0.29, 0.717) is 0 Å². The standard InChI is InChI=1S/C12H2Cl8O/c13-3-1-5(15)12(11(20)8(3)17)21-6-2-4(14)7(16)10(19)9(6)18/h1-2H. The van der Waals surface area contributed by atoms with Crippen LogP contribution < -0.4 is 4.74 Å². The van der Waals surface area contributed by atoms with Gasteiger partial charge in [0.15, 0.2) is 5.75 Å². The van der Waals surface area contributed by atoms with Crippen LogP contribution in [-0.2, 0) is 0 Å². The van der Waals surface area contributed by atoms with Crippen LogP contribution in [0.4, 0.5) is 0 Å². The molecule has 1 nitrogen and oxygen atoms in total. The molecule has 0 fully saturated rings. The number of benzene rings is 2. The second-order valence-electron chi connectivity index (χ2n) is 3.70. The molecule has 2 rings (SSSR count). The highest BCUT2D eigenvalue weighted by Gasteiger charge is 2.20. The van der Waals surface area contributed by atoms with E-state index >= 15 is 0 Å². The van der Waals surface area contributed by atoms with Crippen LogP contribution in [0, 0.1) is 0 Å². The molecule has 0 aliphatic heterocycles. The van der Waals surface area contributed by atoms with Crippen LogP contribution in [0.2, 0.25) is 40.2 Å². The minimum atomic E-state index is 0.0347. The highest BCUT2D eigenvalue weighted by molar-refractivity contribution is 6.52. The predicted octanol–water partition coefficient (Wildman–Crippen LogP) is 8.71. The molecule has 2 aromatic carbocycles. The van der Waals surface area contributed by atoms with E-state index in [0.717, 1.165) is 0 Å². The number of hydrogen-bond acceptors (Lipinski definition) is 1.